The van der Waals surface area contributed by atoms with Gasteiger partial charge in [-0.15, -0.1) is 0 Å². The van der Waals surface area contributed by atoms with E-state index >= 15 is 0 Å². The summed E-state index contributed by atoms with van der Waals surface area (Å²) >= 11 is 0. The van der Waals surface area contributed by atoms with Crippen LogP contribution in [0.3, 0.4) is 0 Å². The molecule has 0 heterocycles. The Hall–Kier alpha value is -3.66. The molecule has 0 saturated heterocycles. The first kappa shape index (κ1) is 24.7. The number of hydrogen-bond acceptors (Lipinski definition) is 4. The maximum atomic E-state index is 6.41. The second-order valence-electron chi connectivity index (χ2n) is 10.8. The van der Waals surface area contributed by atoms with Crippen molar-refractivity contribution in [2.45, 2.75) is 76.3 Å². The van der Waals surface area contributed by atoms with Gasteiger partial charge in [0.25, 0.3) is 0 Å². The monoisotopic (exact) mass is 506 g/mol. The molecule has 4 nitrogen and oxygen atoms in total. The van der Waals surface area contributed by atoms with E-state index in [9.17, 15) is 0 Å². The highest BCUT2D eigenvalue weighted by Crippen LogP contribution is 2.36. The van der Waals surface area contributed by atoms with Crippen molar-refractivity contribution < 1.29 is 9.47 Å². The van der Waals surface area contributed by atoms with Crippen LogP contribution in [0.15, 0.2) is 84.9 Å². The lowest BCUT2D eigenvalue weighted by atomic mass is 9.95. The van der Waals surface area contributed by atoms with Gasteiger partial charge in [-0.2, -0.15) is 0 Å². The van der Waals surface area contributed by atoms with E-state index in [-0.39, 0.29) is 0 Å². The molecule has 6 rings (SSSR count). The molecule has 0 bridgehead atoms. The number of ether oxygens (including phenoxy) is 2. The minimum Gasteiger partial charge on any atom is -0.455 e. The van der Waals surface area contributed by atoms with Crippen molar-refractivity contribution in [3.8, 4) is 23.0 Å². The molecule has 2 aliphatic carbocycles. The van der Waals surface area contributed by atoms with Gasteiger partial charge in [-0.25, -0.2) is 0 Å². The Morgan fingerprint density at radius 2 is 0.921 bits per heavy atom. The predicted molar refractivity (Wildman–Crippen MR) is 158 cm³/mol. The van der Waals surface area contributed by atoms with E-state index in [0.29, 0.717) is 12.1 Å². The number of para-hydroxylation sites is 4. The third kappa shape index (κ3) is 6.07. The maximum absolute atomic E-state index is 6.41. The lowest BCUT2D eigenvalue weighted by molar-refractivity contribution is 0.455. The van der Waals surface area contributed by atoms with Crippen LogP contribution in [0, 0.1) is 0 Å². The fourth-order valence-corrected chi connectivity index (χ4v) is 5.87. The Labute approximate surface area is 226 Å². The number of anilines is 2. The Kier molecular flexibility index (Phi) is 7.66. The summed E-state index contributed by atoms with van der Waals surface area (Å²) in [5.41, 5.74) is 2.14. The van der Waals surface area contributed by atoms with Gasteiger partial charge >= 0.3 is 0 Å². The highest BCUT2D eigenvalue weighted by atomic mass is 16.5. The van der Waals surface area contributed by atoms with Crippen LogP contribution >= 0.6 is 0 Å². The largest absolute Gasteiger partial charge is 0.455 e. The van der Waals surface area contributed by atoms with E-state index in [2.05, 4.69) is 59.2 Å². The minimum absolute atomic E-state index is 0.528. The summed E-state index contributed by atoms with van der Waals surface area (Å²) in [5, 5.41) is 9.71. The van der Waals surface area contributed by atoms with Crippen molar-refractivity contribution in [2.24, 2.45) is 0 Å². The summed E-state index contributed by atoms with van der Waals surface area (Å²) in [6.45, 7) is 0. The molecule has 2 N–H and O–H groups in total. The zero-order valence-electron chi connectivity index (χ0n) is 22.1. The molecule has 4 heteroatoms. The van der Waals surface area contributed by atoms with Crippen LogP contribution in [0.2, 0.25) is 0 Å². The molecule has 2 fully saturated rings. The normalized spacial score (nSPS) is 16.7. The van der Waals surface area contributed by atoms with Crippen LogP contribution in [0.4, 0.5) is 11.4 Å². The number of nitrogens with one attached hydrogen (secondary N) is 2. The van der Waals surface area contributed by atoms with E-state index < -0.39 is 0 Å². The molecule has 4 aromatic rings. The van der Waals surface area contributed by atoms with E-state index in [1.165, 1.54) is 64.2 Å². The van der Waals surface area contributed by atoms with Crippen molar-refractivity contribution in [3.63, 3.8) is 0 Å². The number of rotatable bonds is 8. The lowest BCUT2D eigenvalue weighted by Crippen LogP contribution is -2.22. The topological polar surface area (TPSA) is 42.5 Å². The highest BCUT2D eigenvalue weighted by molar-refractivity contribution is 5.85. The highest BCUT2D eigenvalue weighted by Gasteiger charge is 2.16. The Bertz CT molecular complexity index is 1260. The molecular formula is C34H38N2O2. The third-order valence-corrected chi connectivity index (χ3v) is 7.94. The molecule has 0 amide bonds. The van der Waals surface area contributed by atoms with Gasteiger partial charge < -0.3 is 20.1 Å². The fraction of sp³-hybridized carbons (Fsp3) is 0.353. The summed E-state index contributed by atoms with van der Waals surface area (Å²) in [7, 11) is 0. The molecule has 0 radical (unpaired) electrons. The first-order valence-electron chi connectivity index (χ1n) is 14.4. The molecular weight excluding hydrogens is 468 g/mol. The first-order valence-corrected chi connectivity index (χ1v) is 14.4. The lowest BCUT2D eigenvalue weighted by Gasteiger charge is -2.25. The zero-order chi connectivity index (χ0) is 25.6. The van der Waals surface area contributed by atoms with Crippen molar-refractivity contribution >= 4 is 22.1 Å². The molecule has 38 heavy (non-hydrogen) atoms. The molecule has 0 atom stereocenters. The quantitative estimate of drug-likeness (QED) is 0.249. The van der Waals surface area contributed by atoms with Crippen LogP contribution in [0.25, 0.3) is 10.8 Å². The fourth-order valence-electron chi connectivity index (χ4n) is 5.87. The zero-order valence-corrected chi connectivity index (χ0v) is 22.1. The van der Waals surface area contributed by atoms with Crippen LogP contribution < -0.4 is 20.1 Å². The Balaban J connectivity index is 1.19. The first-order chi connectivity index (χ1) is 18.8. The van der Waals surface area contributed by atoms with Gasteiger partial charge in [0.2, 0.25) is 0 Å². The average Bonchev–Trinajstić information content (AvgIpc) is 2.96. The van der Waals surface area contributed by atoms with Gasteiger partial charge in [-0.3, -0.25) is 0 Å². The second kappa shape index (κ2) is 11.8. The molecule has 2 saturated carbocycles. The molecule has 0 aliphatic heterocycles. The smallest absolute Gasteiger partial charge is 0.150 e. The predicted octanol–water partition coefficient (Wildman–Crippen LogP) is 9.91. The average molecular weight is 507 g/mol. The molecule has 0 aromatic heterocycles. The standard InChI is InChI=1S/C34H38N2O2/c1-3-11-27(12-4-1)35-31-15-7-9-17-33(31)37-29-21-19-25-20-22-30(24-26(25)23-29)38-34-18-10-8-16-32(34)36-28-13-5-2-6-14-28/h7-10,15-24,27-28,35-36H,1-6,11-14H2. The summed E-state index contributed by atoms with van der Waals surface area (Å²) in [6, 6.07) is 30.1. The molecule has 2 aliphatic rings. The maximum Gasteiger partial charge on any atom is 0.150 e. The van der Waals surface area contributed by atoms with Gasteiger partial charge in [-0.1, -0.05) is 74.9 Å². The Morgan fingerprint density at radius 3 is 1.39 bits per heavy atom. The summed E-state index contributed by atoms with van der Waals surface area (Å²) in [4.78, 5) is 0. The SMILES string of the molecule is c1ccc(Oc2ccc3ccc(Oc4ccccc4NC4CCCCC4)cc3c2)c(NC2CCCCC2)c1. The van der Waals surface area contributed by atoms with E-state index in [4.69, 9.17) is 9.47 Å². The molecule has 4 aromatic carbocycles. The van der Waals surface area contributed by atoms with Gasteiger partial charge in [-0.05, 0) is 85.0 Å². The van der Waals surface area contributed by atoms with Crippen LogP contribution in [0.5, 0.6) is 23.0 Å². The van der Waals surface area contributed by atoms with Crippen molar-refractivity contribution in [1.29, 1.82) is 0 Å². The van der Waals surface area contributed by atoms with E-state index in [0.717, 1.165) is 45.1 Å². The molecule has 0 unspecified atom stereocenters. The van der Waals surface area contributed by atoms with Gasteiger partial charge in [0.1, 0.15) is 11.5 Å². The van der Waals surface area contributed by atoms with Gasteiger partial charge in [0, 0.05) is 12.1 Å². The van der Waals surface area contributed by atoms with Crippen molar-refractivity contribution in [2.75, 3.05) is 10.6 Å². The van der Waals surface area contributed by atoms with Crippen LogP contribution in [-0.2, 0) is 0 Å². The van der Waals surface area contributed by atoms with Gasteiger partial charge in [0.15, 0.2) is 11.5 Å². The third-order valence-electron chi connectivity index (χ3n) is 7.94. The van der Waals surface area contributed by atoms with E-state index in [1.807, 2.05) is 36.4 Å². The molecule has 196 valence electrons. The number of fused-ring (bicyclic) bond motifs is 1. The summed E-state index contributed by atoms with van der Waals surface area (Å²) in [5.74, 6) is 3.39. The van der Waals surface area contributed by atoms with Crippen LogP contribution in [-0.4, -0.2) is 12.1 Å². The summed E-state index contributed by atoms with van der Waals surface area (Å²) < 4.78 is 12.8. The number of hydrogen-bond donors (Lipinski definition) is 2. The minimum atomic E-state index is 0.528. The molecule has 0 spiro atoms. The Morgan fingerprint density at radius 1 is 0.474 bits per heavy atom. The second-order valence-corrected chi connectivity index (χ2v) is 10.8. The van der Waals surface area contributed by atoms with Crippen LogP contribution in [0.1, 0.15) is 64.2 Å². The van der Waals surface area contributed by atoms with Gasteiger partial charge in [0.05, 0.1) is 11.4 Å². The van der Waals surface area contributed by atoms with Crippen molar-refractivity contribution in [3.05, 3.63) is 84.9 Å². The number of benzene rings is 4. The summed E-state index contributed by atoms with van der Waals surface area (Å²) in [6.07, 6.45) is 12.8. The van der Waals surface area contributed by atoms with E-state index in [1.54, 1.807) is 0 Å². The van der Waals surface area contributed by atoms with Crippen molar-refractivity contribution in [1.82, 2.24) is 0 Å².